The number of nitrogens with zero attached hydrogens (tertiary/aromatic N) is 4. The SMILES string of the molecule is C=Cc1c(C)c2ccccc2n1-c1ccc2c(c1)c1ccccc1n2-c1ccc2c3ccc(-c4ccc5sc6cc(-c7ccc8c(c7)c7ccccc7n8-c7ccc8c(c7)c7ccccc7n8-c7ccc8c9ccc(C(=C)c%10cc%11ccccc%11o%10)cc9c9ccccc9c8c7)ccc6c5c4)cc3c3ccccc3c2c1. The van der Waals surface area contributed by atoms with Gasteiger partial charge in [0.25, 0.3) is 0 Å². The Balaban J connectivity index is 0.556. The first-order valence-electron chi connectivity index (χ1n) is 38.1. The molecular weight excluding hydrogens is 1370 g/mol. The topological polar surface area (TPSA) is 32.9 Å². The van der Waals surface area contributed by atoms with Crippen LogP contribution in [0.1, 0.15) is 22.6 Å². The summed E-state index contributed by atoms with van der Waals surface area (Å²) in [6.45, 7) is 11.0. The second-order valence-corrected chi connectivity index (χ2v) is 31.1. The second-order valence-electron chi connectivity index (χ2n) is 30.0. The summed E-state index contributed by atoms with van der Waals surface area (Å²) in [5.74, 6) is 0.785. The Morgan fingerprint density at radius 1 is 0.279 bits per heavy atom. The van der Waals surface area contributed by atoms with Crippen LogP contribution >= 0.6 is 11.3 Å². The van der Waals surface area contributed by atoms with Gasteiger partial charge in [0.05, 0.1) is 38.6 Å². The maximum absolute atomic E-state index is 6.31. The van der Waals surface area contributed by atoms with Crippen molar-refractivity contribution in [2.45, 2.75) is 6.92 Å². The van der Waals surface area contributed by atoms with E-state index in [2.05, 4.69) is 360 Å². The summed E-state index contributed by atoms with van der Waals surface area (Å²) in [5, 5.41) is 26.9. The molecule has 0 saturated carbocycles. The lowest BCUT2D eigenvalue weighted by Crippen LogP contribution is -1.98. The van der Waals surface area contributed by atoms with Crippen LogP contribution in [0.25, 0.3) is 229 Å². The number of fused-ring (bicyclic) bond motifs is 26. The molecule has 0 N–H and O–H groups in total. The van der Waals surface area contributed by atoms with Crippen molar-refractivity contribution < 1.29 is 4.42 Å². The normalized spacial score (nSPS) is 12.3. The van der Waals surface area contributed by atoms with Crippen molar-refractivity contribution in [2.75, 3.05) is 0 Å². The molecule has 516 valence electrons. The highest BCUT2D eigenvalue weighted by Crippen LogP contribution is 2.47. The zero-order valence-electron chi connectivity index (χ0n) is 60.4. The van der Waals surface area contributed by atoms with Crippen molar-refractivity contribution >= 4 is 195 Å². The van der Waals surface area contributed by atoms with Gasteiger partial charge in [-0.3, -0.25) is 0 Å². The lowest BCUT2D eigenvalue weighted by Gasteiger charge is -2.15. The van der Waals surface area contributed by atoms with Crippen molar-refractivity contribution in [1.29, 1.82) is 0 Å². The summed E-state index contributed by atoms with van der Waals surface area (Å²) in [6, 6.07) is 126. The van der Waals surface area contributed by atoms with E-state index in [0.717, 1.165) is 61.8 Å². The van der Waals surface area contributed by atoms with Gasteiger partial charge in [0.1, 0.15) is 11.3 Å². The van der Waals surface area contributed by atoms with E-state index in [1.54, 1.807) is 0 Å². The molecule has 6 heteroatoms. The van der Waals surface area contributed by atoms with Crippen molar-refractivity contribution in [2.24, 2.45) is 0 Å². The fraction of sp³-hybridized carbons (Fsp3) is 0.00952. The number of aryl methyl sites for hydroxylation is 1. The Morgan fingerprint density at radius 2 is 0.640 bits per heavy atom. The predicted octanol–water partition coefficient (Wildman–Crippen LogP) is 29.3. The number of para-hydroxylation sites is 5. The van der Waals surface area contributed by atoms with E-state index < -0.39 is 0 Å². The number of furan rings is 1. The number of rotatable bonds is 9. The van der Waals surface area contributed by atoms with Gasteiger partial charge in [-0.15, -0.1) is 11.3 Å². The molecule has 24 aromatic rings. The second kappa shape index (κ2) is 23.4. The first-order chi connectivity index (χ1) is 54.8. The molecule has 0 unspecified atom stereocenters. The van der Waals surface area contributed by atoms with Crippen molar-refractivity contribution in [3.8, 4) is 45.0 Å². The van der Waals surface area contributed by atoms with Crippen LogP contribution in [-0.2, 0) is 0 Å². The lowest BCUT2D eigenvalue weighted by atomic mass is 9.91. The smallest absolute Gasteiger partial charge is 0.135 e. The highest BCUT2D eigenvalue weighted by Gasteiger charge is 2.24. The quantitative estimate of drug-likeness (QED) is 0.133. The summed E-state index contributed by atoms with van der Waals surface area (Å²) in [7, 11) is 0. The van der Waals surface area contributed by atoms with Crippen LogP contribution in [0.15, 0.2) is 357 Å². The van der Waals surface area contributed by atoms with E-state index in [1.165, 1.54) is 183 Å². The Bertz CT molecular complexity index is 8210. The van der Waals surface area contributed by atoms with Gasteiger partial charge >= 0.3 is 0 Å². The molecule has 5 nitrogen and oxygen atoms in total. The number of aromatic nitrogens is 4. The molecule has 0 spiro atoms. The van der Waals surface area contributed by atoms with Crippen molar-refractivity contribution in [3.63, 3.8) is 0 Å². The molecule has 0 aliphatic heterocycles. The van der Waals surface area contributed by atoms with Gasteiger partial charge in [0.15, 0.2) is 0 Å². The Morgan fingerprint density at radius 3 is 1.19 bits per heavy atom. The average molecular weight is 1430 g/mol. The minimum Gasteiger partial charge on any atom is -0.456 e. The molecule has 0 amide bonds. The monoisotopic (exact) mass is 1430 g/mol. The van der Waals surface area contributed by atoms with Gasteiger partial charge in [0, 0.05) is 97.3 Å². The molecule has 0 aliphatic carbocycles. The molecule has 0 fully saturated rings. The van der Waals surface area contributed by atoms with E-state index in [1.807, 2.05) is 35.6 Å². The maximum atomic E-state index is 6.31. The van der Waals surface area contributed by atoms with Crippen LogP contribution in [0.2, 0.25) is 0 Å². The van der Waals surface area contributed by atoms with E-state index >= 15 is 0 Å². The van der Waals surface area contributed by atoms with Crippen LogP contribution in [-0.4, -0.2) is 18.3 Å². The van der Waals surface area contributed by atoms with E-state index in [9.17, 15) is 0 Å². The highest BCUT2D eigenvalue weighted by molar-refractivity contribution is 7.25. The summed E-state index contributed by atoms with van der Waals surface area (Å²) >= 11 is 1.88. The molecule has 18 aromatic carbocycles. The minimum absolute atomic E-state index is 0.785. The van der Waals surface area contributed by atoms with Gasteiger partial charge < -0.3 is 22.7 Å². The third-order valence-electron chi connectivity index (χ3n) is 24.2. The van der Waals surface area contributed by atoms with Crippen LogP contribution < -0.4 is 0 Å². The lowest BCUT2D eigenvalue weighted by molar-refractivity contribution is 0.601. The standard InChI is InChI=1S/C105H64N4OS/c1-4-94-62(3)73-20-10-14-28-95(73)106(94)71-40-48-100-91(59-71)83-26-12-16-30-97(83)107(100)70-39-46-81-79-43-34-64(52-87(79)75-22-7-9-24-77(75)89(81)58-70)66-37-50-104-93(54-66)85-44-35-67(56-105(85)111-104)65-36-47-99-90(53-65)82-25-11-15-29-96(82)109(99)72-41-49-101-92(60-72)84-27-13-17-31-98(84)108(101)69-38-45-80-78-42-33-63(61(2)103-55-68-19-5-18-32-102(68)110-103)51-86(78)74-21-6-8-23-76(74)88(80)57-69/h4-60H,1-2H2,3H3. The molecule has 111 heavy (non-hydrogen) atoms. The maximum Gasteiger partial charge on any atom is 0.135 e. The zero-order valence-corrected chi connectivity index (χ0v) is 61.2. The van der Waals surface area contributed by atoms with Crippen LogP contribution in [0.5, 0.6) is 0 Å². The van der Waals surface area contributed by atoms with E-state index in [0.29, 0.717) is 0 Å². The summed E-state index contributed by atoms with van der Waals surface area (Å²) < 4.78 is 18.6. The number of thiophene rings is 1. The molecular formula is C105H64N4OS. The predicted molar refractivity (Wildman–Crippen MR) is 474 cm³/mol. The van der Waals surface area contributed by atoms with Crippen LogP contribution in [0, 0.1) is 6.92 Å². The Kier molecular flexibility index (Phi) is 13.0. The molecule has 0 aliphatic rings. The molecule has 0 atom stereocenters. The number of benzene rings is 18. The third-order valence-corrected chi connectivity index (χ3v) is 25.4. The third kappa shape index (κ3) is 8.99. The first-order valence-corrected chi connectivity index (χ1v) is 38.9. The van der Waals surface area contributed by atoms with Gasteiger partial charge in [-0.05, 0) is 251 Å². The van der Waals surface area contributed by atoms with Crippen LogP contribution in [0.3, 0.4) is 0 Å². The fourth-order valence-corrected chi connectivity index (χ4v) is 20.2. The van der Waals surface area contributed by atoms with Crippen molar-refractivity contribution in [1.82, 2.24) is 18.3 Å². The summed E-state index contributed by atoms with van der Waals surface area (Å²) in [6.07, 6.45) is 1.99. The molecule has 6 aromatic heterocycles. The van der Waals surface area contributed by atoms with Gasteiger partial charge in [-0.25, -0.2) is 0 Å². The molecule has 6 heterocycles. The molecule has 0 radical (unpaired) electrons. The largest absolute Gasteiger partial charge is 0.456 e. The highest BCUT2D eigenvalue weighted by atomic mass is 32.1. The Labute approximate surface area is 640 Å². The van der Waals surface area contributed by atoms with E-state index in [4.69, 9.17) is 4.42 Å². The van der Waals surface area contributed by atoms with Crippen LogP contribution in [0.4, 0.5) is 0 Å². The van der Waals surface area contributed by atoms with Gasteiger partial charge in [-0.1, -0.05) is 213 Å². The Hall–Kier alpha value is -14.3. The average Bonchev–Trinajstić information content (AvgIpc) is 1.71. The summed E-state index contributed by atoms with van der Waals surface area (Å²) in [5.41, 5.74) is 22.7. The van der Waals surface area contributed by atoms with E-state index in [-0.39, 0.29) is 0 Å². The fourth-order valence-electron chi connectivity index (χ4n) is 19.1. The minimum atomic E-state index is 0.785. The molecule has 0 bridgehead atoms. The van der Waals surface area contributed by atoms with Gasteiger partial charge in [-0.2, -0.15) is 0 Å². The van der Waals surface area contributed by atoms with Gasteiger partial charge in [0.2, 0.25) is 0 Å². The first kappa shape index (κ1) is 61.8. The number of hydrogen-bond acceptors (Lipinski definition) is 2. The molecule has 0 saturated heterocycles. The summed E-state index contributed by atoms with van der Waals surface area (Å²) in [4.78, 5) is 0. The molecule has 24 rings (SSSR count). The van der Waals surface area contributed by atoms with Crippen molar-refractivity contribution in [3.05, 3.63) is 375 Å². The number of hydrogen-bond donors (Lipinski definition) is 0. The zero-order chi connectivity index (χ0) is 73.0.